The molecule has 0 saturated carbocycles. The standard InChI is InChI=1S/C11H10N2O3S/c1-15-8-2-4-9(5-3-8)16-11-12-6-10(17-11)7-13-14/h2-7,14H,1H3/b13-7+. The van der Waals surface area contributed by atoms with Crippen LogP contribution < -0.4 is 9.47 Å². The summed E-state index contributed by atoms with van der Waals surface area (Å²) in [4.78, 5) is 4.75. The van der Waals surface area contributed by atoms with E-state index in [9.17, 15) is 0 Å². The summed E-state index contributed by atoms with van der Waals surface area (Å²) in [6, 6.07) is 7.19. The van der Waals surface area contributed by atoms with E-state index in [-0.39, 0.29) is 0 Å². The van der Waals surface area contributed by atoms with Gasteiger partial charge < -0.3 is 14.7 Å². The van der Waals surface area contributed by atoms with Crippen LogP contribution in [0.5, 0.6) is 16.7 Å². The molecule has 1 aromatic heterocycles. The van der Waals surface area contributed by atoms with E-state index in [1.165, 1.54) is 17.6 Å². The van der Waals surface area contributed by atoms with Gasteiger partial charge in [-0.25, -0.2) is 4.98 Å². The van der Waals surface area contributed by atoms with Crippen LogP contribution in [0.4, 0.5) is 0 Å². The van der Waals surface area contributed by atoms with Gasteiger partial charge in [0.1, 0.15) is 11.5 Å². The Kier molecular flexibility index (Phi) is 3.56. The summed E-state index contributed by atoms with van der Waals surface area (Å²) >= 11 is 1.29. The molecule has 0 radical (unpaired) electrons. The molecular weight excluding hydrogens is 240 g/mol. The van der Waals surface area contributed by atoms with Crippen LogP contribution in [0.1, 0.15) is 4.88 Å². The Morgan fingerprint density at radius 3 is 2.65 bits per heavy atom. The Labute approximate surface area is 102 Å². The molecule has 0 atom stereocenters. The van der Waals surface area contributed by atoms with E-state index in [0.29, 0.717) is 10.9 Å². The fourth-order valence-electron chi connectivity index (χ4n) is 1.18. The summed E-state index contributed by atoms with van der Waals surface area (Å²) in [5.74, 6) is 1.44. The van der Waals surface area contributed by atoms with Crippen molar-refractivity contribution in [3.8, 4) is 16.7 Å². The number of aromatic nitrogens is 1. The third-order valence-corrected chi connectivity index (χ3v) is 2.76. The van der Waals surface area contributed by atoms with E-state index in [4.69, 9.17) is 14.7 Å². The Morgan fingerprint density at radius 2 is 2.00 bits per heavy atom. The number of benzene rings is 1. The van der Waals surface area contributed by atoms with Crippen molar-refractivity contribution in [2.45, 2.75) is 0 Å². The number of thiazole rings is 1. The summed E-state index contributed by atoms with van der Waals surface area (Å²) in [5, 5.41) is 11.8. The number of hydrogen-bond donors (Lipinski definition) is 1. The van der Waals surface area contributed by atoms with Gasteiger partial charge in [-0.1, -0.05) is 16.5 Å². The van der Waals surface area contributed by atoms with Crippen molar-refractivity contribution in [2.75, 3.05) is 7.11 Å². The van der Waals surface area contributed by atoms with Crippen molar-refractivity contribution in [3.05, 3.63) is 35.3 Å². The van der Waals surface area contributed by atoms with Gasteiger partial charge in [0.25, 0.3) is 5.19 Å². The molecule has 0 saturated heterocycles. The molecule has 2 rings (SSSR count). The zero-order chi connectivity index (χ0) is 12.1. The predicted octanol–water partition coefficient (Wildman–Crippen LogP) is 2.75. The lowest BCUT2D eigenvalue weighted by Crippen LogP contribution is -1.84. The second-order valence-electron chi connectivity index (χ2n) is 3.05. The Balaban J connectivity index is 2.08. The smallest absolute Gasteiger partial charge is 0.279 e. The maximum Gasteiger partial charge on any atom is 0.279 e. The largest absolute Gasteiger partial charge is 0.497 e. The molecule has 0 amide bonds. The quantitative estimate of drug-likeness (QED) is 0.515. The Morgan fingerprint density at radius 1 is 1.29 bits per heavy atom. The molecule has 17 heavy (non-hydrogen) atoms. The average molecular weight is 250 g/mol. The maximum atomic E-state index is 8.37. The number of oxime groups is 1. The first-order chi connectivity index (χ1) is 8.31. The summed E-state index contributed by atoms with van der Waals surface area (Å²) in [5.41, 5.74) is 0. The van der Waals surface area contributed by atoms with Gasteiger partial charge in [0.05, 0.1) is 24.4 Å². The van der Waals surface area contributed by atoms with Gasteiger partial charge in [0, 0.05) is 0 Å². The van der Waals surface area contributed by atoms with Gasteiger partial charge in [0.2, 0.25) is 0 Å². The van der Waals surface area contributed by atoms with Crippen molar-refractivity contribution in [1.82, 2.24) is 4.98 Å². The van der Waals surface area contributed by atoms with Crippen LogP contribution in [0.15, 0.2) is 35.6 Å². The molecule has 0 spiro atoms. The van der Waals surface area contributed by atoms with Gasteiger partial charge in [-0.3, -0.25) is 0 Å². The number of hydrogen-bond acceptors (Lipinski definition) is 6. The predicted molar refractivity (Wildman–Crippen MR) is 64.6 cm³/mol. The highest BCUT2D eigenvalue weighted by molar-refractivity contribution is 7.15. The van der Waals surface area contributed by atoms with E-state index >= 15 is 0 Å². The maximum absolute atomic E-state index is 8.37. The highest BCUT2D eigenvalue weighted by Gasteiger charge is 2.03. The molecule has 1 N–H and O–H groups in total. The van der Waals surface area contributed by atoms with Gasteiger partial charge in [-0.05, 0) is 24.3 Å². The molecule has 0 bridgehead atoms. The van der Waals surface area contributed by atoms with Crippen LogP contribution >= 0.6 is 11.3 Å². The number of nitrogens with zero attached hydrogens (tertiary/aromatic N) is 2. The Bertz CT molecular complexity index is 508. The molecule has 1 aromatic carbocycles. The third kappa shape index (κ3) is 2.94. The minimum absolute atomic E-state index is 0.491. The minimum atomic E-state index is 0.491. The monoisotopic (exact) mass is 250 g/mol. The van der Waals surface area contributed by atoms with E-state index in [1.807, 2.05) is 0 Å². The lowest BCUT2D eigenvalue weighted by atomic mass is 10.3. The highest BCUT2D eigenvalue weighted by Crippen LogP contribution is 2.26. The van der Waals surface area contributed by atoms with Crippen LogP contribution in [-0.4, -0.2) is 23.5 Å². The molecule has 88 valence electrons. The molecule has 6 heteroatoms. The second-order valence-corrected chi connectivity index (χ2v) is 4.08. The topological polar surface area (TPSA) is 63.9 Å². The van der Waals surface area contributed by atoms with Crippen LogP contribution in [0, 0.1) is 0 Å². The normalized spacial score (nSPS) is 10.6. The van der Waals surface area contributed by atoms with Crippen molar-refractivity contribution < 1.29 is 14.7 Å². The van der Waals surface area contributed by atoms with Crippen molar-refractivity contribution in [2.24, 2.45) is 5.16 Å². The van der Waals surface area contributed by atoms with Gasteiger partial charge >= 0.3 is 0 Å². The first-order valence-electron chi connectivity index (χ1n) is 4.77. The van der Waals surface area contributed by atoms with Gasteiger partial charge in [-0.15, -0.1) is 0 Å². The average Bonchev–Trinajstić information content (AvgIpc) is 2.78. The van der Waals surface area contributed by atoms with Crippen molar-refractivity contribution in [1.29, 1.82) is 0 Å². The second kappa shape index (κ2) is 5.31. The first-order valence-corrected chi connectivity index (χ1v) is 5.58. The summed E-state index contributed by atoms with van der Waals surface area (Å²) in [6.07, 6.45) is 2.88. The fourth-order valence-corrected chi connectivity index (χ4v) is 1.83. The fraction of sp³-hybridized carbons (Fsp3) is 0.0909. The molecule has 0 fully saturated rings. The summed E-state index contributed by atoms with van der Waals surface area (Å²) in [6.45, 7) is 0. The van der Waals surface area contributed by atoms with Crippen LogP contribution in [0.2, 0.25) is 0 Å². The number of methoxy groups -OCH3 is 1. The number of ether oxygens (including phenoxy) is 2. The molecule has 0 unspecified atom stereocenters. The zero-order valence-electron chi connectivity index (χ0n) is 9.03. The van der Waals surface area contributed by atoms with E-state index in [1.54, 1.807) is 37.6 Å². The van der Waals surface area contributed by atoms with E-state index < -0.39 is 0 Å². The van der Waals surface area contributed by atoms with Gasteiger partial charge in [-0.2, -0.15) is 0 Å². The molecule has 0 aliphatic rings. The minimum Gasteiger partial charge on any atom is -0.497 e. The molecular formula is C11H10N2O3S. The molecule has 2 aromatic rings. The molecule has 0 aliphatic carbocycles. The third-order valence-electron chi connectivity index (χ3n) is 1.95. The van der Waals surface area contributed by atoms with E-state index in [0.717, 1.165) is 10.6 Å². The zero-order valence-corrected chi connectivity index (χ0v) is 9.85. The SMILES string of the molecule is COc1ccc(Oc2ncc(/C=N/O)s2)cc1. The van der Waals surface area contributed by atoms with Crippen LogP contribution in [0.3, 0.4) is 0 Å². The van der Waals surface area contributed by atoms with Crippen LogP contribution in [-0.2, 0) is 0 Å². The summed E-state index contributed by atoms with van der Waals surface area (Å²) in [7, 11) is 1.61. The van der Waals surface area contributed by atoms with Crippen LogP contribution in [0.25, 0.3) is 0 Å². The molecule has 1 heterocycles. The first kappa shape index (κ1) is 11.4. The number of rotatable bonds is 4. The summed E-state index contributed by atoms with van der Waals surface area (Å²) < 4.78 is 10.6. The molecule has 0 aliphatic heterocycles. The lowest BCUT2D eigenvalue weighted by molar-refractivity contribution is 0.322. The van der Waals surface area contributed by atoms with Crippen molar-refractivity contribution in [3.63, 3.8) is 0 Å². The van der Waals surface area contributed by atoms with E-state index in [2.05, 4.69) is 10.1 Å². The van der Waals surface area contributed by atoms with Crippen molar-refractivity contribution >= 4 is 17.6 Å². The molecule has 5 nitrogen and oxygen atoms in total. The lowest BCUT2D eigenvalue weighted by Gasteiger charge is -2.02. The highest BCUT2D eigenvalue weighted by atomic mass is 32.1. The Hall–Kier alpha value is -2.08. The van der Waals surface area contributed by atoms with Gasteiger partial charge in [0.15, 0.2) is 0 Å².